The van der Waals surface area contributed by atoms with Gasteiger partial charge in [0.15, 0.2) is 0 Å². The van der Waals surface area contributed by atoms with Gasteiger partial charge in [0.05, 0.1) is 5.69 Å². The summed E-state index contributed by atoms with van der Waals surface area (Å²) in [5.74, 6) is -0.655. The number of urea groups is 1. The number of carbonyl (C=O) groups excluding carboxylic acids is 2. The molecule has 0 unspecified atom stereocenters. The second-order valence-electron chi connectivity index (χ2n) is 7.20. The molecule has 0 radical (unpaired) electrons. The molecule has 1 saturated heterocycles. The third-order valence-electron chi connectivity index (χ3n) is 5.64. The Kier molecular flexibility index (Phi) is 8.07. The van der Waals surface area contributed by atoms with Gasteiger partial charge in [-0.05, 0) is 56.8 Å². The number of carbonyl (C=O) groups is 2. The fraction of sp³-hybridized carbons (Fsp3) is 0.600. The molecule has 1 aromatic carbocycles. The van der Waals surface area contributed by atoms with Gasteiger partial charge in [-0.2, -0.15) is 0 Å². The summed E-state index contributed by atoms with van der Waals surface area (Å²) in [4.78, 5) is 28.6. The van der Waals surface area contributed by atoms with E-state index in [0.29, 0.717) is 57.5 Å². The van der Waals surface area contributed by atoms with Crippen LogP contribution in [0.5, 0.6) is 0 Å². The number of halogens is 2. The molecule has 28 heavy (non-hydrogen) atoms. The average Bonchev–Trinajstić information content (AvgIpc) is 2.71. The molecule has 1 aromatic rings. The van der Waals surface area contributed by atoms with Crippen molar-refractivity contribution in [2.24, 2.45) is 5.92 Å². The molecular weight excluding hydrogens is 383 g/mol. The number of fused-ring (bicyclic) bond motifs is 1. The molecule has 1 fully saturated rings. The lowest BCUT2D eigenvalue weighted by Crippen LogP contribution is -2.47. The van der Waals surface area contributed by atoms with Gasteiger partial charge in [-0.25, -0.2) is 9.18 Å². The summed E-state index contributed by atoms with van der Waals surface area (Å²) >= 11 is 0. The zero-order chi connectivity index (χ0) is 19.4. The standard InChI is InChI=1S/C20H29FN4O2.ClH/c1-3-24(4-2)20(27)25-11-8-14(9-12-25)19(26)23-17-6-5-15-13-22-10-7-16(15)18(17)21;/h5-6,14,22H,3-4,7-13H2,1-2H3,(H,23,26);1H. The second-order valence-corrected chi connectivity index (χ2v) is 7.20. The van der Waals surface area contributed by atoms with Crippen molar-refractivity contribution < 1.29 is 14.0 Å². The Morgan fingerprint density at radius 1 is 1.25 bits per heavy atom. The third-order valence-corrected chi connectivity index (χ3v) is 5.64. The molecule has 6 nitrogen and oxygen atoms in total. The van der Waals surface area contributed by atoms with Crippen LogP contribution in [0.15, 0.2) is 12.1 Å². The maximum absolute atomic E-state index is 14.7. The van der Waals surface area contributed by atoms with E-state index >= 15 is 0 Å². The van der Waals surface area contributed by atoms with E-state index in [9.17, 15) is 14.0 Å². The van der Waals surface area contributed by atoms with Crippen molar-refractivity contribution in [3.63, 3.8) is 0 Å². The molecule has 156 valence electrons. The molecule has 2 aliphatic heterocycles. The van der Waals surface area contributed by atoms with Gasteiger partial charge >= 0.3 is 6.03 Å². The summed E-state index contributed by atoms with van der Waals surface area (Å²) in [6.07, 6.45) is 1.85. The number of hydrogen-bond donors (Lipinski definition) is 2. The number of nitrogens with zero attached hydrogens (tertiary/aromatic N) is 2. The maximum atomic E-state index is 14.7. The molecule has 0 atom stereocenters. The summed E-state index contributed by atoms with van der Waals surface area (Å²) < 4.78 is 14.7. The Bertz CT molecular complexity index is 704. The summed E-state index contributed by atoms with van der Waals surface area (Å²) in [5.41, 5.74) is 1.92. The first-order valence-corrected chi connectivity index (χ1v) is 9.90. The Labute approximate surface area is 172 Å². The average molecular weight is 413 g/mol. The molecule has 0 aromatic heterocycles. The van der Waals surface area contributed by atoms with Gasteiger partial charge in [-0.1, -0.05) is 6.07 Å². The number of piperidine rings is 1. The number of nitrogens with one attached hydrogen (secondary N) is 2. The molecule has 2 N–H and O–H groups in total. The van der Waals surface area contributed by atoms with Crippen LogP contribution in [-0.4, -0.2) is 54.5 Å². The number of amides is 3. The molecule has 8 heteroatoms. The molecule has 0 spiro atoms. The highest BCUT2D eigenvalue weighted by atomic mass is 35.5. The van der Waals surface area contributed by atoms with E-state index in [-0.39, 0.29) is 41.8 Å². The van der Waals surface area contributed by atoms with Gasteiger partial charge in [0.25, 0.3) is 0 Å². The lowest BCUT2D eigenvalue weighted by atomic mass is 9.95. The molecular formula is C20H30ClFN4O2. The largest absolute Gasteiger partial charge is 0.325 e. The van der Waals surface area contributed by atoms with E-state index in [2.05, 4.69) is 10.6 Å². The minimum absolute atomic E-state index is 0. The Morgan fingerprint density at radius 3 is 2.57 bits per heavy atom. The zero-order valence-corrected chi connectivity index (χ0v) is 17.4. The first kappa shape index (κ1) is 22.4. The van der Waals surface area contributed by atoms with Gasteiger partial charge in [-0.15, -0.1) is 12.4 Å². The topological polar surface area (TPSA) is 64.7 Å². The van der Waals surface area contributed by atoms with Crippen LogP contribution in [0, 0.1) is 11.7 Å². The van der Waals surface area contributed by atoms with Crippen LogP contribution in [-0.2, 0) is 17.8 Å². The Balaban J connectivity index is 0.00000280. The molecule has 0 aliphatic carbocycles. The van der Waals surface area contributed by atoms with Crippen molar-refractivity contribution in [2.75, 3.05) is 38.0 Å². The van der Waals surface area contributed by atoms with Gasteiger partial charge in [0.2, 0.25) is 5.91 Å². The number of anilines is 1. The van der Waals surface area contributed by atoms with E-state index in [1.165, 1.54) is 0 Å². The summed E-state index contributed by atoms with van der Waals surface area (Å²) in [7, 11) is 0. The molecule has 3 amide bonds. The van der Waals surface area contributed by atoms with Crippen LogP contribution >= 0.6 is 12.4 Å². The van der Waals surface area contributed by atoms with E-state index in [0.717, 1.165) is 12.1 Å². The number of hydrogen-bond acceptors (Lipinski definition) is 3. The zero-order valence-electron chi connectivity index (χ0n) is 16.6. The van der Waals surface area contributed by atoms with E-state index < -0.39 is 0 Å². The summed E-state index contributed by atoms with van der Waals surface area (Å²) in [6, 6.07) is 3.57. The monoisotopic (exact) mass is 412 g/mol. The van der Waals surface area contributed by atoms with Gasteiger partial charge in [0.1, 0.15) is 5.82 Å². The SMILES string of the molecule is CCN(CC)C(=O)N1CCC(C(=O)Nc2ccc3c(c2F)CCNC3)CC1.Cl. The lowest BCUT2D eigenvalue weighted by molar-refractivity contribution is -0.121. The predicted octanol–water partition coefficient (Wildman–Crippen LogP) is 3.01. The molecule has 2 aliphatic rings. The Morgan fingerprint density at radius 2 is 1.93 bits per heavy atom. The van der Waals surface area contributed by atoms with E-state index in [1.54, 1.807) is 11.0 Å². The van der Waals surface area contributed by atoms with E-state index in [1.807, 2.05) is 24.8 Å². The van der Waals surface area contributed by atoms with Crippen LogP contribution in [0.4, 0.5) is 14.9 Å². The maximum Gasteiger partial charge on any atom is 0.319 e. The molecule has 2 heterocycles. The lowest BCUT2D eigenvalue weighted by Gasteiger charge is -2.34. The fourth-order valence-electron chi connectivity index (χ4n) is 3.89. The highest BCUT2D eigenvalue weighted by Gasteiger charge is 2.29. The molecule has 0 saturated carbocycles. The van der Waals surface area contributed by atoms with Gasteiger partial charge in [-0.3, -0.25) is 4.79 Å². The van der Waals surface area contributed by atoms with Crippen LogP contribution in [0.25, 0.3) is 0 Å². The van der Waals surface area contributed by atoms with Crippen molar-refractivity contribution in [2.45, 2.75) is 39.7 Å². The van der Waals surface area contributed by atoms with Gasteiger partial charge in [0, 0.05) is 38.6 Å². The van der Waals surface area contributed by atoms with Crippen LogP contribution in [0.1, 0.15) is 37.8 Å². The van der Waals surface area contributed by atoms with Crippen molar-refractivity contribution in [1.82, 2.24) is 15.1 Å². The predicted molar refractivity (Wildman–Crippen MR) is 110 cm³/mol. The minimum atomic E-state index is -0.309. The third kappa shape index (κ3) is 4.75. The highest BCUT2D eigenvalue weighted by molar-refractivity contribution is 5.93. The number of benzene rings is 1. The summed E-state index contributed by atoms with van der Waals surface area (Å²) in [6.45, 7) is 7.83. The minimum Gasteiger partial charge on any atom is -0.325 e. The number of likely N-dealkylation sites (tertiary alicyclic amines) is 1. The first-order chi connectivity index (χ1) is 13.0. The molecule has 0 bridgehead atoms. The van der Waals surface area contributed by atoms with Crippen LogP contribution in [0.3, 0.4) is 0 Å². The van der Waals surface area contributed by atoms with Crippen molar-refractivity contribution in [3.05, 3.63) is 29.1 Å². The van der Waals surface area contributed by atoms with Crippen molar-refractivity contribution in [1.29, 1.82) is 0 Å². The van der Waals surface area contributed by atoms with Crippen LogP contribution < -0.4 is 10.6 Å². The quantitative estimate of drug-likeness (QED) is 0.799. The van der Waals surface area contributed by atoms with Crippen molar-refractivity contribution >= 4 is 30.0 Å². The normalized spacial score (nSPS) is 16.8. The summed E-state index contributed by atoms with van der Waals surface area (Å²) in [5, 5.41) is 5.99. The molecule has 3 rings (SSSR count). The van der Waals surface area contributed by atoms with Crippen molar-refractivity contribution in [3.8, 4) is 0 Å². The van der Waals surface area contributed by atoms with E-state index in [4.69, 9.17) is 0 Å². The van der Waals surface area contributed by atoms with Gasteiger partial charge < -0.3 is 20.4 Å². The Hall–Kier alpha value is -1.86. The highest BCUT2D eigenvalue weighted by Crippen LogP contribution is 2.26. The second kappa shape index (κ2) is 10.1. The number of rotatable bonds is 4. The smallest absolute Gasteiger partial charge is 0.319 e. The fourth-order valence-corrected chi connectivity index (χ4v) is 3.89. The van der Waals surface area contributed by atoms with Crippen LogP contribution in [0.2, 0.25) is 0 Å². The first-order valence-electron chi connectivity index (χ1n) is 9.90.